The Labute approximate surface area is 115 Å². The molecular formula is C10H13Cl2N3O3. The van der Waals surface area contributed by atoms with Crippen LogP contribution in [0.5, 0.6) is 0 Å². The predicted molar refractivity (Wildman–Crippen MR) is 71.6 cm³/mol. The topological polar surface area (TPSA) is 84.3 Å². The molecule has 0 saturated heterocycles. The summed E-state index contributed by atoms with van der Waals surface area (Å²) < 4.78 is 0. The summed E-state index contributed by atoms with van der Waals surface area (Å²) in [5.41, 5.74) is -0.282. The van der Waals surface area contributed by atoms with Crippen LogP contribution in [0, 0.1) is 10.1 Å². The molecule has 0 aromatic heterocycles. The van der Waals surface area contributed by atoms with Gasteiger partial charge in [0.2, 0.25) is 0 Å². The minimum absolute atomic E-state index is 0. The molecule has 1 aromatic rings. The van der Waals surface area contributed by atoms with Crippen molar-refractivity contribution in [1.29, 1.82) is 0 Å². The second-order valence-electron chi connectivity index (χ2n) is 3.28. The number of nitrogens with zero attached hydrogens (tertiary/aromatic N) is 1. The van der Waals surface area contributed by atoms with Gasteiger partial charge in [-0.2, -0.15) is 0 Å². The predicted octanol–water partition coefficient (Wildman–Crippen LogP) is 1.62. The Hall–Kier alpha value is -1.37. The number of likely N-dealkylation sites (N-methyl/N-ethyl adjacent to an activating group) is 1. The number of nitro groups is 1. The highest BCUT2D eigenvalue weighted by Gasteiger charge is 2.19. The normalized spacial score (nSPS) is 9.44. The van der Waals surface area contributed by atoms with E-state index in [-0.39, 0.29) is 28.7 Å². The van der Waals surface area contributed by atoms with Gasteiger partial charge in [0.15, 0.2) is 0 Å². The number of nitrogens with one attached hydrogen (secondary N) is 2. The van der Waals surface area contributed by atoms with Crippen molar-refractivity contribution in [3.8, 4) is 0 Å². The van der Waals surface area contributed by atoms with Crippen LogP contribution in [-0.2, 0) is 0 Å². The maximum absolute atomic E-state index is 11.7. The molecule has 0 bridgehead atoms. The Morgan fingerprint density at radius 3 is 2.67 bits per heavy atom. The van der Waals surface area contributed by atoms with Gasteiger partial charge in [-0.3, -0.25) is 14.9 Å². The number of hydrogen-bond acceptors (Lipinski definition) is 4. The van der Waals surface area contributed by atoms with Crippen LogP contribution >= 0.6 is 24.0 Å². The van der Waals surface area contributed by atoms with Crippen molar-refractivity contribution in [3.63, 3.8) is 0 Å². The van der Waals surface area contributed by atoms with E-state index in [1.165, 1.54) is 18.2 Å². The van der Waals surface area contributed by atoms with Gasteiger partial charge in [0.1, 0.15) is 5.56 Å². The highest BCUT2D eigenvalue weighted by molar-refractivity contribution is 6.31. The number of hydrogen-bond donors (Lipinski definition) is 2. The second-order valence-corrected chi connectivity index (χ2v) is 3.71. The van der Waals surface area contributed by atoms with E-state index in [1.807, 2.05) is 0 Å². The van der Waals surface area contributed by atoms with Crippen molar-refractivity contribution in [1.82, 2.24) is 10.6 Å². The van der Waals surface area contributed by atoms with Gasteiger partial charge in [0.25, 0.3) is 11.6 Å². The number of carbonyl (C=O) groups excluding carboxylic acids is 1. The summed E-state index contributed by atoms with van der Waals surface area (Å²) in [5, 5.41) is 16.4. The maximum atomic E-state index is 11.7. The summed E-state index contributed by atoms with van der Waals surface area (Å²) >= 11 is 5.71. The molecule has 0 heterocycles. The summed E-state index contributed by atoms with van der Waals surface area (Å²) in [6, 6.07) is 3.88. The van der Waals surface area contributed by atoms with Gasteiger partial charge in [0, 0.05) is 24.2 Å². The summed E-state index contributed by atoms with van der Waals surface area (Å²) in [6.45, 7) is 0.971. The van der Waals surface area contributed by atoms with E-state index in [0.717, 1.165) is 0 Å². The Morgan fingerprint density at radius 2 is 2.11 bits per heavy atom. The lowest BCUT2D eigenvalue weighted by Crippen LogP contribution is -2.30. The Morgan fingerprint density at radius 1 is 1.44 bits per heavy atom. The number of rotatable bonds is 5. The molecule has 8 heteroatoms. The molecule has 0 aliphatic heterocycles. The molecule has 0 aliphatic rings. The molecule has 0 fully saturated rings. The molecule has 6 nitrogen and oxygen atoms in total. The summed E-state index contributed by atoms with van der Waals surface area (Å²) in [6.07, 6.45) is 0. The lowest BCUT2D eigenvalue weighted by molar-refractivity contribution is -0.385. The lowest BCUT2D eigenvalue weighted by Gasteiger charge is -2.05. The highest BCUT2D eigenvalue weighted by atomic mass is 35.5. The van der Waals surface area contributed by atoms with E-state index in [1.54, 1.807) is 7.05 Å². The molecule has 0 radical (unpaired) electrons. The van der Waals surface area contributed by atoms with Gasteiger partial charge in [0.05, 0.1) is 4.92 Å². The van der Waals surface area contributed by atoms with Crippen LogP contribution in [-0.4, -0.2) is 31.0 Å². The fourth-order valence-electron chi connectivity index (χ4n) is 1.25. The third-order valence-corrected chi connectivity index (χ3v) is 2.30. The fourth-order valence-corrected chi connectivity index (χ4v) is 1.42. The molecular weight excluding hydrogens is 281 g/mol. The molecule has 1 rings (SSSR count). The van der Waals surface area contributed by atoms with E-state index in [2.05, 4.69) is 10.6 Å². The zero-order valence-corrected chi connectivity index (χ0v) is 11.2. The van der Waals surface area contributed by atoms with Crippen LogP contribution in [0.1, 0.15) is 10.4 Å². The van der Waals surface area contributed by atoms with Crippen molar-refractivity contribution < 1.29 is 9.72 Å². The fraction of sp³-hybridized carbons (Fsp3) is 0.300. The minimum atomic E-state index is -0.608. The largest absolute Gasteiger partial charge is 0.351 e. The van der Waals surface area contributed by atoms with Crippen LogP contribution in [0.4, 0.5) is 5.69 Å². The second kappa shape index (κ2) is 7.86. The van der Waals surface area contributed by atoms with Crippen LogP contribution in [0.2, 0.25) is 5.02 Å². The average Bonchev–Trinajstić information content (AvgIpc) is 2.28. The van der Waals surface area contributed by atoms with Gasteiger partial charge in [-0.15, -0.1) is 12.4 Å². The molecule has 100 valence electrons. The van der Waals surface area contributed by atoms with Crippen molar-refractivity contribution in [2.45, 2.75) is 0 Å². The number of carbonyl (C=O) groups is 1. The zero-order chi connectivity index (χ0) is 12.8. The monoisotopic (exact) mass is 293 g/mol. The van der Waals surface area contributed by atoms with E-state index >= 15 is 0 Å². The quantitative estimate of drug-likeness (QED) is 0.491. The molecule has 0 spiro atoms. The van der Waals surface area contributed by atoms with Gasteiger partial charge >= 0.3 is 0 Å². The molecule has 2 N–H and O–H groups in total. The Kier molecular flexibility index (Phi) is 7.26. The summed E-state index contributed by atoms with van der Waals surface area (Å²) in [5.74, 6) is -0.505. The zero-order valence-electron chi connectivity index (χ0n) is 9.60. The first-order chi connectivity index (χ1) is 8.06. The molecule has 0 saturated carbocycles. The summed E-state index contributed by atoms with van der Waals surface area (Å²) in [4.78, 5) is 21.8. The van der Waals surface area contributed by atoms with Crippen molar-refractivity contribution in [3.05, 3.63) is 38.9 Å². The molecule has 1 amide bonds. The first-order valence-electron chi connectivity index (χ1n) is 4.93. The van der Waals surface area contributed by atoms with Gasteiger partial charge < -0.3 is 10.6 Å². The SMILES string of the molecule is CNCCNC(=O)c1cc(Cl)ccc1[N+](=O)[O-].Cl. The number of nitro benzene ring substituents is 1. The van der Waals surface area contributed by atoms with E-state index in [0.29, 0.717) is 13.1 Å². The molecule has 0 unspecified atom stereocenters. The third kappa shape index (κ3) is 4.48. The Balaban J connectivity index is 0.00000289. The van der Waals surface area contributed by atoms with Crippen LogP contribution in [0.3, 0.4) is 0 Å². The first kappa shape index (κ1) is 16.6. The van der Waals surface area contributed by atoms with Crippen LogP contribution in [0.15, 0.2) is 18.2 Å². The smallest absolute Gasteiger partial charge is 0.282 e. The minimum Gasteiger partial charge on any atom is -0.351 e. The van der Waals surface area contributed by atoms with Gasteiger partial charge in [-0.1, -0.05) is 11.6 Å². The number of benzene rings is 1. The van der Waals surface area contributed by atoms with Crippen molar-refractivity contribution in [2.75, 3.05) is 20.1 Å². The number of halogens is 2. The average molecular weight is 294 g/mol. The van der Waals surface area contributed by atoms with Gasteiger partial charge in [-0.25, -0.2) is 0 Å². The van der Waals surface area contributed by atoms with Crippen molar-refractivity contribution >= 4 is 35.6 Å². The van der Waals surface area contributed by atoms with E-state index < -0.39 is 10.8 Å². The molecule has 1 aromatic carbocycles. The molecule has 0 atom stereocenters. The summed E-state index contributed by atoms with van der Waals surface area (Å²) in [7, 11) is 1.74. The Bertz CT molecular complexity index is 440. The standard InChI is InChI=1S/C10H12ClN3O3.ClH/c1-12-4-5-13-10(15)8-6-7(11)2-3-9(8)14(16)17;/h2-3,6,12H,4-5H2,1H3,(H,13,15);1H. The van der Waals surface area contributed by atoms with Crippen molar-refractivity contribution in [2.24, 2.45) is 0 Å². The van der Waals surface area contributed by atoms with E-state index in [4.69, 9.17) is 11.6 Å². The van der Waals surface area contributed by atoms with Gasteiger partial charge in [-0.05, 0) is 19.2 Å². The number of amides is 1. The first-order valence-corrected chi connectivity index (χ1v) is 5.30. The van der Waals surface area contributed by atoms with Crippen LogP contribution < -0.4 is 10.6 Å². The van der Waals surface area contributed by atoms with Crippen LogP contribution in [0.25, 0.3) is 0 Å². The third-order valence-electron chi connectivity index (χ3n) is 2.06. The van der Waals surface area contributed by atoms with E-state index in [9.17, 15) is 14.9 Å². The molecule has 18 heavy (non-hydrogen) atoms. The lowest BCUT2D eigenvalue weighted by atomic mass is 10.1. The highest BCUT2D eigenvalue weighted by Crippen LogP contribution is 2.22. The maximum Gasteiger partial charge on any atom is 0.282 e. The molecule has 0 aliphatic carbocycles.